The van der Waals surface area contributed by atoms with Crippen molar-refractivity contribution in [2.24, 2.45) is 0 Å². The van der Waals surface area contributed by atoms with Gasteiger partial charge < -0.3 is 14.6 Å². The molecule has 4 aromatic rings. The van der Waals surface area contributed by atoms with E-state index in [4.69, 9.17) is 4.74 Å². The quantitative estimate of drug-likeness (QED) is 0.569. The van der Waals surface area contributed by atoms with E-state index >= 15 is 0 Å². The van der Waals surface area contributed by atoms with Crippen molar-refractivity contribution in [2.75, 3.05) is 25.1 Å². The van der Waals surface area contributed by atoms with Crippen molar-refractivity contribution in [2.45, 2.75) is 18.8 Å². The number of hydrogen-bond donors (Lipinski definition) is 2. The van der Waals surface area contributed by atoms with Gasteiger partial charge in [0.1, 0.15) is 17.6 Å². The van der Waals surface area contributed by atoms with Crippen LogP contribution in [0.2, 0.25) is 0 Å². The maximum Gasteiger partial charge on any atom is 0.182 e. The zero-order valence-electron chi connectivity index (χ0n) is 15.6. The van der Waals surface area contributed by atoms with Gasteiger partial charge in [0.15, 0.2) is 11.5 Å². The molecule has 28 heavy (non-hydrogen) atoms. The third-order valence-electron chi connectivity index (χ3n) is 5.46. The second kappa shape index (κ2) is 6.95. The highest BCUT2D eigenvalue weighted by molar-refractivity contribution is 5.82. The number of aromatic nitrogens is 6. The molecular weight excluding hydrogens is 354 g/mol. The van der Waals surface area contributed by atoms with Crippen LogP contribution in [0.5, 0.6) is 5.75 Å². The number of methoxy groups -OCH3 is 1. The van der Waals surface area contributed by atoms with Crippen LogP contribution in [0.25, 0.3) is 22.3 Å². The van der Waals surface area contributed by atoms with Crippen LogP contribution >= 0.6 is 0 Å². The molecule has 0 aliphatic carbocycles. The van der Waals surface area contributed by atoms with Gasteiger partial charge >= 0.3 is 0 Å². The average molecular weight is 375 g/mol. The summed E-state index contributed by atoms with van der Waals surface area (Å²) in [6, 6.07) is 8.12. The Morgan fingerprint density at radius 3 is 2.89 bits per heavy atom. The topological polar surface area (TPSA) is 95.6 Å². The molecule has 0 atom stereocenters. The number of anilines is 1. The molecular formula is C20H21N7O. The third kappa shape index (κ3) is 2.87. The molecule has 5 rings (SSSR count). The number of rotatable bonds is 4. The molecule has 1 saturated heterocycles. The van der Waals surface area contributed by atoms with Crippen LogP contribution in [0, 0.1) is 0 Å². The fraction of sp³-hybridized carbons (Fsp3) is 0.300. The molecule has 0 bridgehead atoms. The van der Waals surface area contributed by atoms with Gasteiger partial charge in [-0.2, -0.15) is 5.10 Å². The Hall–Kier alpha value is -3.42. The number of piperidine rings is 1. The molecule has 0 unspecified atom stereocenters. The maximum absolute atomic E-state index is 5.37. The summed E-state index contributed by atoms with van der Waals surface area (Å²) in [6.07, 6.45) is 7.22. The molecule has 1 aliphatic heterocycles. The van der Waals surface area contributed by atoms with Gasteiger partial charge in [-0.3, -0.25) is 5.10 Å². The van der Waals surface area contributed by atoms with Crippen molar-refractivity contribution in [1.82, 2.24) is 30.1 Å². The summed E-state index contributed by atoms with van der Waals surface area (Å²) >= 11 is 0. The molecule has 4 heterocycles. The van der Waals surface area contributed by atoms with Crippen LogP contribution in [0.4, 0.5) is 5.82 Å². The van der Waals surface area contributed by atoms with Gasteiger partial charge in [-0.05, 0) is 30.5 Å². The van der Waals surface area contributed by atoms with Crippen LogP contribution in [0.1, 0.15) is 24.5 Å². The number of aromatic amines is 2. The minimum absolute atomic E-state index is 0.430. The second-order valence-electron chi connectivity index (χ2n) is 6.99. The first-order chi connectivity index (χ1) is 13.8. The van der Waals surface area contributed by atoms with E-state index in [2.05, 4.69) is 47.2 Å². The second-order valence-corrected chi connectivity index (χ2v) is 6.99. The van der Waals surface area contributed by atoms with Crippen LogP contribution in [0.3, 0.4) is 0 Å². The van der Waals surface area contributed by atoms with Crippen molar-refractivity contribution in [3.8, 4) is 16.9 Å². The lowest BCUT2D eigenvalue weighted by atomic mass is 9.89. The lowest BCUT2D eigenvalue weighted by Gasteiger charge is -2.32. The summed E-state index contributed by atoms with van der Waals surface area (Å²) in [5.74, 6) is 2.21. The lowest BCUT2D eigenvalue weighted by Crippen LogP contribution is -2.34. The number of benzene rings is 1. The van der Waals surface area contributed by atoms with Gasteiger partial charge in [0.25, 0.3) is 0 Å². The van der Waals surface area contributed by atoms with Crippen molar-refractivity contribution in [3.05, 3.63) is 48.8 Å². The van der Waals surface area contributed by atoms with E-state index in [1.165, 1.54) is 5.69 Å². The van der Waals surface area contributed by atoms with Gasteiger partial charge in [0.05, 0.1) is 19.6 Å². The number of nitrogens with zero attached hydrogens (tertiary/aromatic N) is 5. The van der Waals surface area contributed by atoms with E-state index in [1.807, 2.05) is 18.3 Å². The van der Waals surface area contributed by atoms with Crippen LogP contribution in [-0.4, -0.2) is 50.3 Å². The van der Waals surface area contributed by atoms with E-state index in [0.717, 1.165) is 54.1 Å². The van der Waals surface area contributed by atoms with Crippen molar-refractivity contribution < 1.29 is 4.74 Å². The number of hydrogen-bond acceptors (Lipinski definition) is 6. The summed E-state index contributed by atoms with van der Waals surface area (Å²) < 4.78 is 5.37. The highest BCUT2D eigenvalue weighted by Crippen LogP contribution is 2.36. The Labute approximate surface area is 162 Å². The molecule has 8 nitrogen and oxygen atoms in total. The third-order valence-corrected chi connectivity index (χ3v) is 5.46. The van der Waals surface area contributed by atoms with E-state index in [1.54, 1.807) is 19.8 Å². The molecule has 1 aromatic carbocycles. The minimum Gasteiger partial charge on any atom is -0.497 e. The number of ether oxygens (including phenoxy) is 1. The Kier molecular flexibility index (Phi) is 4.16. The minimum atomic E-state index is 0.430. The van der Waals surface area contributed by atoms with E-state index in [9.17, 15) is 0 Å². The van der Waals surface area contributed by atoms with Gasteiger partial charge in [-0.25, -0.2) is 15.0 Å². The first-order valence-electron chi connectivity index (χ1n) is 9.40. The van der Waals surface area contributed by atoms with E-state index in [0.29, 0.717) is 11.6 Å². The molecule has 3 aromatic heterocycles. The number of H-pyrrole nitrogens is 2. The van der Waals surface area contributed by atoms with Crippen LogP contribution < -0.4 is 9.64 Å². The zero-order chi connectivity index (χ0) is 18.9. The molecule has 0 saturated carbocycles. The molecule has 0 radical (unpaired) electrons. The molecule has 2 N–H and O–H groups in total. The Morgan fingerprint density at radius 1 is 1.14 bits per heavy atom. The highest BCUT2D eigenvalue weighted by Gasteiger charge is 2.26. The lowest BCUT2D eigenvalue weighted by molar-refractivity contribution is 0.415. The molecule has 8 heteroatoms. The predicted molar refractivity (Wildman–Crippen MR) is 106 cm³/mol. The number of fused-ring (bicyclic) bond motifs is 1. The number of imidazole rings is 1. The van der Waals surface area contributed by atoms with E-state index < -0.39 is 0 Å². The summed E-state index contributed by atoms with van der Waals surface area (Å²) in [5, 5.41) is 7.57. The summed E-state index contributed by atoms with van der Waals surface area (Å²) in [6.45, 7) is 1.85. The fourth-order valence-corrected chi connectivity index (χ4v) is 4.00. The highest BCUT2D eigenvalue weighted by atomic mass is 16.5. The summed E-state index contributed by atoms with van der Waals surface area (Å²) in [7, 11) is 1.69. The normalized spacial score (nSPS) is 15.2. The van der Waals surface area contributed by atoms with Gasteiger partial charge in [-0.1, -0.05) is 12.1 Å². The predicted octanol–water partition coefficient (Wildman–Crippen LogP) is 3.14. The molecule has 1 aliphatic rings. The smallest absolute Gasteiger partial charge is 0.182 e. The largest absolute Gasteiger partial charge is 0.497 e. The monoisotopic (exact) mass is 375 g/mol. The molecule has 1 fully saturated rings. The van der Waals surface area contributed by atoms with Crippen LogP contribution in [0.15, 0.2) is 43.1 Å². The van der Waals surface area contributed by atoms with Crippen molar-refractivity contribution >= 4 is 17.0 Å². The molecule has 0 amide bonds. The van der Waals surface area contributed by atoms with Crippen LogP contribution in [-0.2, 0) is 0 Å². The maximum atomic E-state index is 5.37. The summed E-state index contributed by atoms with van der Waals surface area (Å²) in [5.41, 5.74) is 5.08. The Morgan fingerprint density at radius 2 is 2.04 bits per heavy atom. The van der Waals surface area contributed by atoms with Crippen molar-refractivity contribution in [1.29, 1.82) is 0 Å². The Bertz CT molecular complexity index is 1090. The van der Waals surface area contributed by atoms with Gasteiger partial charge in [-0.15, -0.1) is 0 Å². The molecule has 142 valence electrons. The standard InChI is InChI=1S/C20H21N7O/c1-28-15-4-2-3-14(9-15)16-10-25-26-17(16)13-5-7-27(8-6-13)20-18-19(22-11-21-18)23-12-24-20/h2-4,9-13H,5-8H2,1H3,(H,25,26)(H,21,22,23,24). The first kappa shape index (κ1) is 16.7. The fourth-order valence-electron chi connectivity index (χ4n) is 4.00. The number of nitrogens with one attached hydrogen (secondary N) is 2. The Balaban J connectivity index is 1.37. The zero-order valence-corrected chi connectivity index (χ0v) is 15.6. The summed E-state index contributed by atoms with van der Waals surface area (Å²) in [4.78, 5) is 18.4. The molecule has 0 spiro atoms. The van der Waals surface area contributed by atoms with E-state index in [-0.39, 0.29) is 0 Å². The SMILES string of the molecule is COc1cccc(-c2cn[nH]c2C2CCN(c3ncnc4nc[nH]c34)CC2)c1. The first-order valence-corrected chi connectivity index (χ1v) is 9.40. The average Bonchev–Trinajstić information content (AvgIpc) is 3.43. The van der Waals surface area contributed by atoms with Gasteiger partial charge in [0.2, 0.25) is 0 Å². The van der Waals surface area contributed by atoms with Gasteiger partial charge in [0, 0.05) is 30.3 Å². The van der Waals surface area contributed by atoms with Crippen molar-refractivity contribution in [3.63, 3.8) is 0 Å².